The third-order valence-corrected chi connectivity index (χ3v) is 3.07. The summed E-state index contributed by atoms with van der Waals surface area (Å²) in [5, 5.41) is 3.18. The van der Waals surface area contributed by atoms with Gasteiger partial charge in [0, 0.05) is 32.6 Å². The molecule has 2 fully saturated rings. The molecule has 2 rings (SSSR count). The van der Waals surface area contributed by atoms with Crippen LogP contribution in [0.4, 0.5) is 8.78 Å². The third kappa shape index (κ3) is 1.83. The lowest BCUT2D eigenvalue weighted by Gasteiger charge is -2.35. The van der Waals surface area contributed by atoms with Crippen LogP contribution in [0.25, 0.3) is 0 Å². The molecule has 0 bridgehead atoms. The number of hydrogen-bond acceptors (Lipinski definition) is 2. The van der Waals surface area contributed by atoms with E-state index >= 15 is 0 Å². The molecule has 1 saturated heterocycles. The van der Waals surface area contributed by atoms with Gasteiger partial charge in [0.25, 0.3) is 5.92 Å². The van der Waals surface area contributed by atoms with E-state index in [1.165, 1.54) is 0 Å². The lowest BCUT2D eigenvalue weighted by atomic mass is 10.1. The van der Waals surface area contributed by atoms with Gasteiger partial charge in [0.2, 0.25) is 0 Å². The Morgan fingerprint density at radius 1 is 1.23 bits per heavy atom. The van der Waals surface area contributed by atoms with Crippen molar-refractivity contribution in [1.29, 1.82) is 0 Å². The van der Waals surface area contributed by atoms with Gasteiger partial charge in [-0.05, 0) is 12.8 Å². The van der Waals surface area contributed by atoms with Gasteiger partial charge in [-0.3, -0.25) is 4.90 Å². The van der Waals surface area contributed by atoms with E-state index in [1.54, 1.807) is 0 Å². The molecular formula is C9H16F2N2. The molecule has 0 aromatic heterocycles. The fourth-order valence-electron chi connectivity index (χ4n) is 2.35. The molecule has 0 aromatic carbocycles. The van der Waals surface area contributed by atoms with Crippen LogP contribution in [0.15, 0.2) is 0 Å². The second-order valence-electron chi connectivity index (χ2n) is 3.96. The summed E-state index contributed by atoms with van der Waals surface area (Å²) in [4.78, 5) is 1.95. The van der Waals surface area contributed by atoms with Crippen LogP contribution in [-0.2, 0) is 0 Å². The van der Waals surface area contributed by atoms with E-state index in [-0.39, 0.29) is 6.42 Å². The minimum Gasteiger partial charge on any atom is -0.314 e. The largest absolute Gasteiger partial charge is 0.314 e. The van der Waals surface area contributed by atoms with Crippen molar-refractivity contribution in [2.24, 2.45) is 0 Å². The van der Waals surface area contributed by atoms with E-state index in [0.29, 0.717) is 12.8 Å². The summed E-state index contributed by atoms with van der Waals surface area (Å²) in [6.45, 7) is 3.26. The number of piperazine rings is 1. The van der Waals surface area contributed by atoms with Gasteiger partial charge in [-0.25, -0.2) is 8.78 Å². The normalized spacial score (nSPS) is 35.1. The van der Waals surface area contributed by atoms with E-state index in [4.69, 9.17) is 0 Å². The van der Waals surface area contributed by atoms with Gasteiger partial charge in [-0.15, -0.1) is 0 Å². The number of nitrogens with zero attached hydrogens (tertiary/aromatic N) is 1. The standard InChI is InChI=1S/C9H16F2N2/c10-9(11)3-1-2-8(9)13-6-4-12-5-7-13/h8,12H,1-7H2. The molecule has 4 heteroatoms. The van der Waals surface area contributed by atoms with E-state index in [1.807, 2.05) is 4.90 Å². The molecule has 1 atom stereocenters. The Labute approximate surface area is 77.3 Å². The summed E-state index contributed by atoms with van der Waals surface area (Å²) < 4.78 is 26.7. The van der Waals surface area contributed by atoms with Gasteiger partial charge in [0.1, 0.15) is 0 Å². The first kappa shape index (κ1) is 9.34. The highest BCUT2D eigenvalue weighted by Crippen LogP contribution is 2.38. The number of alkyl halides is 2. The highest BCUT2D eigenvalue weighted by Gasteiger charge is 2.46. The van der Waals surface area contributed by atoms with E-state index in [9.17, 15) is 8.78 Å². The number of halogens is 2. The van der Waals surface area contributed by atoms with Crippen molar-refractivity contribution in [2.45, 2.75) is 31.2 Å². The third-order valence-electron chi connectivity index (χ3n) is 3.07. The smallest absolute Gasteiger partial charge is 0.263 e. The topological polar surface area (TPSA) is 15.3 Å². The molecule has 1 unspecified atom stereocenters. The first-order chi connectivity index (χ1) is 6.20. The maximum absolute atomic E-state index is 13.3. The molecule has 1 heterocycles. The first-order valence-electron chi connectivity index (χ1n) is 5.03. The minimum absolute atomic E-state index is 0.0849. The molecule has 1 aliphatic heterocycles. The molecule has 1 saturated carbocycles. The van der Waals surface area contributed by atoms with Crippen LogP contribution in [0.1, 0.15) is 19.3 Å². The molecule has 1 aliphatic carbocycles. The average molecular weight is 190 g/mol. The first-order valence-corrected chi connectivity index (χ1v) is 5.03. The summed E-state index contributed by atoms with van der Waals surface area (Å²) in [7, 11) is 0. The molecule has 2 nitrogen and oxygen atoms in total. The molecule has 13 heavy (non-hydrogen) atoms. The maximum Gasteiger partial charge on any atom is 0.263 e. The van der Waals surface area contributed by atoms with Crippen molar-refractivity contribution >= 4 is 0 Å². The second-order valence-corrected chi connectivity index (χ2v) is 3.96. The van der Waals surface area contributed by atoms with Crippen LogP contribution < -0.4 is 5.32 Å². The van der Waals surface area contributed by atoms with Crippen LogP contribution >= 0.6 is 0 Å². The van der Waals surface area contributed by atoms with Crippen molar-refractivity contribution in [3.05, 3.63) is 0 Å². The van der Waals surface area contributed by atoms with Crippen molar-refractivity contribution in [2.75, 3.05) is 26.2 Å². The molecular weight excluding hydrogens is 174 g/mol. The number of nitrogens with one attached hydrogen (secondary N) is 1. The van der Waals surface area contributed by atoms with Gasteiger partial charge in [-0.2, -0.15) is 0 Å². The summed E-state index contributed by atoms with van der Waals surface area (Å²) in [5.41, 5.74) is 0. The molecule has 0 radical (unpaired) electrons. The van der Waals surface area contributed by atoms with Crippen LogP contribution in [0.5, 0.6) is 0 Å². The number of rotatable bonds is 1. The monoisotopic (exact) mass is 190 g/mol. The fraction of sp³-hybridized carbons (Fsp3) is 1.00. The van der Waals surface area contributed by atoms with E-state index in [0.717, 1.165) is 26.2 Å². The van der Waals surface area contributed by atoms with Crippen LogP contribution in [-0.4, -0.2) is 43.0 Å². The predicted octanol–water partition coefficient (Wildman–Crippen LogP) is 1.08. The zero-order valence-corrected chi connectivity index (χ0v) is 7.73. The molecule has 76 valence electrons. The zero-order valence-electron chi connectivity index (χ0n) is 7.73. The van der Waals surface area contributed by atoms with E-state index < -0.39 is 12.0 Å². The molecule has 0 aromatic rings. The predicted molar refractivity (Wildman–Crippen MR) is 47.0 cm³/mol. The van der Waals surface area contributed by atoms with Crippen LogP contribution in [0.3, 0.4) is 0 Å². The minimum atomic E-state index is -2.43. The van der Waals surface area contributed by atoms with E-state index in [2.05, 4.69) is 5.32 Å². The Morgan fingerprint density at radius 3 is 2.46 bits per heavy atom. The highest BCUT2D eigenvalue weighted by atomic mass is 19.3. The Morgan fingerprint density at radius 2 is 1.92 bits per heavy atom. The summed E-state index contributed by atoms with van der Waals surface area (Å²) in [6.07, 6.45) is 1.44. The summed E-state index contributed by atoms with van der Waals surface area (Å²) >= 11 is 0. The lowest BCUT2D eigenvalue weighted by Crippen LogP contribution is -2.52. The average Bonchev–Trinajstić information content (AvgIpc) is 2.47. The Hall–Kier alpha value is -0.220. The summed E-state index contributed by atoms with van der Waals surface area (Å²) in [6, 6.07) is -0.477. The van der Waals surface area contributed by atoms with Gasteiger partial charge >= 0.3 is 0 Å². The molecule has 0 spiro atoms. The SMILES string of the molecule is FC1(F)CCCC1N1CCNCC1. The maximum atomic E-state index is 13.3. The Kier molecular flexibility index (Phi) is 2.51. The molecule has 2 aliphatic rings. The van der Waals surface area contributed by atoms with Crippen molar-refractivity contribution in [3.63, 3.8) is 0 Å². The Bertz CT molecular complexity index is 178. The highest BCUT2D eigenvalue weighted by molar-refractivity contribution is 4.92. The van der Waals surface area contributed by atoms with Crippen molar-refractivity contribution < 1.29 is 8.78 Å². The zero-order chi connectivity index (χ0) is 9.31. The summed E-state index contributed by atoms with van der Waals surface area (Å²) in [5.74, 6) is -2.43. The number of hydrogen-bond donors (Lipinski definition) is 1. The van der Waals surface area contributed by atoms with Gasteiger partial charge in [0.05, 0.1) is 6.04 Å². The molecule has 0 amide bonds. The van der Waals surface area contributed by atoms with Crippen LogP contribution in [0, 0.1) is 0 Å². The molecule has 1 N–H and O–H groups in total. The van der Waals surface area contributed by atoms with Crippen LogP contribution in [0.2, 0.25) is 0 Å². The van der Waals surface area contributed by atoms with Gasteiger partial charge < -0.3 is 5.32 Å². The second kappa shape index (κ2) is 3.50. The van der Waals surface area contributed by atoms with Crippen molar-refractivity contribution in [3.8, 4) is 0 Å². The fourth-order valence-corrected chi connectivity index (χ4v) is 2.35. The lowest BCUT2D eigenvalue weighted by molar-refractivity contribution is -0.0640. The Balaban J connectivity index is 1.98. The van der Waals surface area contributed by atoms with Gasteiger partial charge in [-0.1, -0.05) is 0 Å². The van der Waals surface area contributed by atoms with Crippen molar-refractivity contribution in [1.82, 2.24) is 10.2 Å². The quantitative estimate of drug-likeness (QED) is 0.665. The van der Waals surface area contributed by atoms with Gasteiger partial charge in [0.15, 0.2) is 0 Å².